The second-order valence-electron chi connectivity index (χ2n) is 4.64. The van der Waals surface area contributed by atoms with Crippen LogP contribution in [0.1, 0.15) is 42.5 Å². The Hall–Kier alpha value is -1.88. The highest BCUT2D eigenvalue weighted by atomic mass is 16.5. The number of unbranched alkanes of at least 4 members (excludes halogenated alkanes) is 2. The van der Waals surface area contributed by atoms with Crippen LogP contribution >= 0.6 is 0 Å². The van der Waals surface area contributed by atoms with Crippen molar-refractivity contribution < 1.29 is 19.4 Å². The number of hydrogen-bond acceptors (Lipinski definition) is 4. The fourth-order valence-corrected chi connectivity index (χ4v) is 1.95. The summed E-state index contributed by atoms with van der Waals surface area (Å²) in [7, 11) is 1.54. The molecule has 1 unspecified atom stereocenters. The number of hydrogen-bond donors (Lipinski definition) is 2. The first kappa shape index (κ1) is 16.2. The van der Waals surface area contributed by atoms with Gasteiger partial charge in [0.15, 0.2) is 5.78 Å². The van der Waals surface area contributed by atoms with Gasteiger partial charge in [0, 0.05) is 6.42 Å². The SMILES string of the molecule is COc1ccccc1C(=O)CCCCCC(O)C(N)=O. The number of benzene rings is 1. The van der Waals surface area contributed by atoms with Gasteiger partial charge >= 0.3 is 0 Å². The average molecular weight is 279 g/mol. The van der Waals surface area contributed by atoms with E-state index in [-0.39, 0.29) is 5.78 Å². The largest absolute Gasteiger partial charge is 0.496 e. The van der Waals surface area contributed by atoms with E-state index in [9.17, 15) is 14.7 Å². The minimum Gasteiger partial charge on any atom is -0.496 e. The fourth-order valence-electron chi connectivity index (χ4n) is 1.95. The monoisotopic (exact) mass is 279 g/mol. The third-order valence-electron chi connectivity index (χ3n) is 3.12. The normalized spacial score (nSPS) is 11.9. The molecule has 0 saturated carbocycles. The van der Waals surface area contributed by atoms with E-state index in [4.69, 9.17) is 10.5 Å². The molecule has 0 bridgehead atoms. The van der Waals surface area contributed by atoms with Crippen LogP contribution in [0.25, 0.3) is 0 Å². The zero-order chi connectivity index (χ0) is 15.0. The molecule has 110 valence electrons. The molecular formula is C15H21NO4. The molecule has 0 fully saturated rings. The van der Waals surface area contributed by atoms with Crippen LogP contribution in [0.15, 0.2) is 24.3 Å². The van der Waals surface area contributed by atoms with Crippen molar-refractivity contribution >= 4 is 11.7 Å². The van der Waals surface area contributed by atoms with Crippen molar-refractivity contribution in [3.63, 3.8) is 0 Å². The van der Waals surface area contributed by atoms with Crippen LogP contribution in [0.4, 0.5) is 0 Å². The molecule has 1 rings (SSSR count). The van der Waals surface area contributed by atoms with Gasteiger partial charge in [0.05, 0.1) is 12.7 Å². The van der Waals surface area contributed by atoms with Crippen molar-refractivity contribution in [3.8, 4) is 5.75 Å². The molecule has 1 amide bonds. The van der Waals surface area contributed by atoms with Crippen LogP contribution in [0.5, 0.6) is 5.75 Å². The molecule has 0 heterocycles. The molecular weight excluding hydrogens is 258 g/mol. The van der Waals surface area contributed by atoms with Gasteiger partial charge in [0.25, 0.3) is 0 Å². The lowest BCUT2D eigenvalue weighted by atomic mass is 10.0. The van der Waals surface area contributed by atoms with Gasteiger partial charge in [-0.25, -0.2) is 0 Å². The van der Waals surface area contributed by atoms with Crippen LogP contribution in [0, 0.1) is 0 Å². The number of rotatable bonds is 9. The quantitative estimate of drug-likeness (QED) is 0.531. The molecule has 20 heavy (non-hydrogen) atoms. The van der Waals surface area contributed by atoms with E-state index in [1.165, 1.54) is 7.11 Å². The fraction of sp³-hybridized carbons (Fsp3) is 0.467. The molecule has 5 nitrogen and oxygen atoms in total. The van der Waals surface area contributed by atoms with Crippen molar-refractivity contribution in [2.24, 2.45) is 5.73 Å². The van der Waals surface area contributed by atoms with Crippen molar-refractivity contribution in [2.45, 2.75) is 38.2 Å². The number of primary amides is 1. The number of methoxy groups -OCH3 is 1. The molecule has 0 radical (unpaired) electrons. The Morgan fingerprint density at radius 1 is 1.25 bits per heavy atom. The lowest BCUT2D eigenvalue weighted by Gasteiger charge is -2.08. The van der Waals surface area contributed by atoms with Crippen LogP contribution in [-0.4, -0.2) is 30.0 Å². The number of Topliss-reactive ketones (excluding diaryl/α,β-unsaturated/α-hetero) is 1. The summed E-state index contributed by atoms with van der Waals surface area (Å²) in [6.07, 6.45) is 1.84. The molecule has 0 aliphatic heterocycles. The maximum atomic E-state index is 12.0. The van der Waals surface area contributed by atoms with E-state index in [0.717, 1.165) is 6.42 Å². The van der Waals surface area contributed by atoms with E-state index < -0.39 is 12.0 Å². The van der Waals surface area contributed by atoms with E-state index >= 15 is 0 Å². The third kappa shape index (κ3) is 5.01. The Morgan fingerprint density at radius 3 is 2.60 bits per heavy atom. The average Bonchev–Trinajstić information content (AvgIpc) is 2.46. The first-order valence-electron chi connectivity index (χ1n) is 6.70. The molecule has 5 heteroatoms. The van der Waals surface area contributed by atoms with Gasteiger partial charge in [-0.15, -0.1) is 0 Å². The minimum absolute atomic E-state index is 0.0397. The summed E-state index contributed by atoms with van der Waals surface area (Å²) in [5.74, 6) is -0.0744. The maximum Gasteiger partial charge on any atom is 0.246 e. The summed E-state index contributed by atoms with van der Waals surface area (Å²) in [5, 5.41) is 9.22. The smallest absolute Gasteiger partial charge is 0.246 e. The Bertz CT molecular complexity index is 459. The molecule has 0 aliphatic rings. The maximum absolute atomic E-state index is 12.0. The zero-order valence-electron chi connectivity index (χ0n) is 11.7. The van der Waals surface area contributed by atoms with Crippen molar-refractivity contribution in [1.29, 1.82) is 0 Å². The van der Waals surface area contributed by atoms with Crippen LogP contribution in [0.2, 0.25) is 0 Å². The molecule has 0 spiro atoms. The highest BCUT2D eigenvalue weighted by Gasteiger charge is 2.12. The van der Waals surface area contributed by atoms with Crippen LogP contribution in [0.3, 0.4) is 0 Å². The standard InChI is InChI=1S/C15H21NO4/c1-20-14-10-6-5-7-11(14)12(17)8-3-2-4-9-13(18)15(16)19/h5-7,10,13,18H,2-4,8-9H2,1H3,(H2,16,19). The highest BCUT2D eigenvalue weighted by molar-refractivity contribution is 5.98. The van der Waals surface area contributed by atoms with Gasteiger partial charge in [-0.3, -0.25) is 9.59 Å². The van der Waals surface area contributed by atoms with E-state index in [0.29, 0.717) is 37.0 Å². The number of nitrogens with two attached hydrogens (primary N) is 1. The number of aliphatic hydroxyl groups excluding tert-OH is 1. The Labute approximate surface area is 118 Å². The van der Waals surface area contributed by atoms with Gasteiger partial charge in [-0.2, -0.15) is 0 Å². The molecule has 1 aromatic carbocycles. The van der Waals surface area contributed by atoms with E-state index in [1.54, 1.807) is 18.2 Å². The van der Waals surface area contributed by atoms with E-state index in [1.807, 2.05) is 6.07 Å². The molecule has 0 aromatic heterocycles. The van der Waals surface area contributed by atoms with Crippen LogP contribution < -0.4 is 10.5 Å². The first-order chi connectivity index (χ1) is 9.56. The first-order valence-corrected chi connectivity index (χ1v) is 6.70. The number of ketones is 1. The van der Waals surface area contributed by atoms with E-state index in [2.05, 4.69) is 0 Å². The molecule has 1 atom stereocenters. The number of ether oxygens (including phenoxy) is 1. The topological polar surface area (TPSA) is 89.6 Å². The van der Waals surface area contributed by atoms with Gasteiger partial charge in [0.2, 0.25) is 5.91 Å². The number of carbonyl (C=O) groups is 2. The van der Waals surface area contributed by atoms with Gasteiger partial charge in [-0.1, -0.05) is 25.0 Å². The van der Waals surface area contributed by atoms with Gasteiger partial charge in [0.1, 0.15) is 11.9 Å². The number of amides is 1. The van der Waals surface area contributed by atoms with Crippen molar-refractivity contribution in [2.75, 3.05) is 7.11 Å². The van der Waals surface area contributed by atoms with Crippen LogP contribution in [-0.2, 0) is 4.79 Å². The lowest BCUT2D eigenvalue weighted by molar-refractivity contribution is -0.126. The van der Waals surface area contributed by atoms with Crippen molar-refractivity contribution in [3.05, 3.63) is 29.8 Å². The number of carbonyl (C=O) groups excluding carboxylic acids is 2. The second-order valence-corrected chi connectivity index (χ2v) is 4.64. The summed E-state index contributed by atoms with van der Waals surface area (Å²) in [6.45, 7) is 0. The Kier molecular flexibility index (Phi) is 6.73. The predicted molar refractivity (Wildman–Crippen MR) is 75.6 cm³/mol. The second kappa shape index (κ2) is 8.32. The predicted octanol–water partition coefficient (Wildman–Crippen LogP) is 1.67. The van der Waals surface area contributed by atoms with Gasteiger partial charge in [-0.05, 0) is 25.0 Å². The number of aliphatic hydroxyl groups is 1. The third-order valence-corrected chi connectivity index (χ3v) is 3.12. The molecule has 1 aromatic rings. The molecule has 3 N–H and O–H groups in total. The summed E-state index contributed by atoms with van der Waals surface area (Å²) in [4.78, 5) is 22.7. The summed E-state index contributed by atoms with van der Waals surface area (Å²) < 4.78 is 5.15. The highest BCUT2D eigenvalue weighted by Crippen LogP contribution is 2.20. The molecule has 0 saturated heterocycles. The molecule has 0 aliphatic carbocycles. The summed E-state index contributed by atoms with van der Waals surface area (Å²) >= 11 is 0. The Morgan fingerprint density at radius 2 is 1.95 bits per heavy atom. The summed E-state index contributed by atoms with van der Waals surface area (Å²) in [5.41, 5.74) is 5.54. The number of para-hydroxylation sites is 1. The Balaban J connectivity index is 2.32. The zero-order valence-corrected chi connectivity index (χ0v) is 11.7. The van der Waals surface area contributed by atoms with Gasteiger partial charge < -0.3 is 15.6 Å². The lowest BCUT2D eigenvalue weighted by Crippen LogP contribution is -2.27. The minimum atomic E-state index is -1.08. The van der Waals surface area contributed by atoms with Crippen molar-refractivity contribution in [1.82, 2.24) is 0 Å². The summed E-state index contributed by atoms with van der Waals surface area (Å²) in [6, 6.07) is 7.13.